The lowest BCUT2D eigenvalue weighted by Gasteiger charge is -2.18. The van der Waals surface area contributed by atoms with Crippen molar-refractivity contribution in [2.45, 2.75) is 45.4 Å². The van der Waals surface area contributed by atoms with Crippen LogP contribution in [0.5, 0.6) is 5.75 Å². The molecule has 0 spiro atoms. The number of rotatable bonds is 8. The van der Waals surface area contributed by atoms with Gasteiger partial charge in [-0.1, -0.05) is 36.4 Å². The van der Waals surface area contributed by atoms with E-state index in [1.165, 1.54) is 22.3 Å². The van der Waals surface area contributed by atoms with E-state index in [1.807, 2.05) is 19.1 Å². The van der Waals surface area contributed by atoms with Crippen LogP contribution in [0.25, 0.3) is 0 Å². The number of carbonyl (C=O) groups excluding carboxylic acids is 1. The molecule has 1 N–H and O–H groups in total. The van der Waals surface area contributed by atoms with Gasteiger partial charge >= 0.3 is 5.97 Å². The lowest BCUT2D eigenvalue weighted by atomic mass is 9.88. The zero-order chi connectivity index (χ0) is 23.9. The topological polar surface area (TPSA) is 73.0 Å². The molecule has 0 saturated carbocycles. The van der Waals surface area contributed by atoms with Gasteiger partial charge in [-0.15, -0.1) is 0 Å². The highest BCUT2D eigenvalue weighted by Gasteiger charge is 2.25. The van der Waals surface area contributed by atoms with Crippen molar-refractivity contribution in [3.8, 4) is 5.75 Å². The molecule has 0 aliphatic heterocycles. The van der Waals surface area contributed by atoms with Crippen molar-refractivity contribution in [1.29, 1.82) is 0 Å². The van der Waals surface area contributed by atoms with Crippen LogP contribution >= 0.6 is 0 Å². The minimum Gasteiger partial charge on any atom is -0.493 e. The van der Waals surface area contributed by atoms with Gasteiger partial charge in [0.05, 0.1) is 19.6 Å². The summed E-state index contributed by atoms with van der Waals surface area (Å²) in [6, 6.07) is 18.1. The zero-order valence-corrected chi connectivity index (χ0v) is 19.9. The first-order chi connectivity index (χ1) is 16.5. The van der Waals surface area contributed by atoms with Crippen LogP contribution in [0, 0.1) is 6.92 Å². The molecular formula is C28H32N2O4. The van der Waals surface area contributed by atoms with Crippen LogP contribution in [0.3, 0.4) is 0 Å². The molecule has 0 fully saturated rings. The molecule has 1 aliphatic rings. The molecule has 1 heterocycles. The third-order valence-corrected chi connectivity index (χ3v) is 6.21. The van der Waals surface area contributed by atoms with Crippen LogP contribution in [-0.2, 0) is 22.4 Å². The van der Waals surface area contributed by atoms with E-state index in [2.05, 4.69) is 42.2 Å². The molecule has 0 radical (unpaired) electrons. The van der Waals surface area contributed by atoms with Crippen molar-refractivity contribution in [3.05, 3.63) is 94.1 Å². The molecule has 6 nitrogen and oxygen atoms in total. The van der Waals surface area contributed by atoms with Crippen molar-refractivity contribution < 1.29 is 19.5 Å². The standard InChI is InChI=1S/C28H32N2O4/c1-3-33-28(31)19-24-17-22-15-20(2)26(18-23(22)16-21-9-4-5-10-25(21)24)34-14-8-12-29-27-11-6-7-13-30(27)32/h4-7,9-11,13,15,18,24,32H,3,8,12,14,16-17,19H2,1-2H3. The lowest BCUT2D eigenvalue weighted by Crippen LogP contribution is -2.17. The number of aryl methyl sites for hydroxylation is 1. The second-order valence-corrected chi connectivity index (χ2v) is 8.66. The SMILES string of the molecule is CCOC(=O)CC1Cc2cc(C)c(OCCCN=c3ccccn3O)cc2Cc2ccccc21. The van der Waals surface area contributed by atoms with Gasteiger partial charge in [-0.05, 0) is 78.6 Å². The van der Waals surface area contributed by atoms with Crippen molar-refractivity contribution in [1.82, 2.24) is 4.73 Å². The predicted molar refractivity (Wildman–Crippen MR) is 130 cm³/mol. The fourth-order valence-corrected chi connectivity index (χ4v) is 4.57. The Bertz CT molecular complexity index is 1220. The Balaban J connectivity index is 1.47. The van der Waals surface area contributed by atoms with E-state index >= 15 is 0 Å². The summed E-state index contributed by atoms with van der Waals surface area (Å²) < 4.78 is 12.4. The molecule has 178 valence electrons. The Morgan fingerprint density at radius 1 is 1.12 bits per heavy atom. The average Bonchev–Trinajstić information content (AvgIpc) is 2.96. The number of carbonyl (C=O) groups is 1. The highest BCUT2D eigenvalue weighted by molar-refractivity contribution is 5.71. The van der Waals surface area contributed by atoms with E-state index in [9.17, 15) is 10.0 Å². The smallest absolute Gasteiger partial charge is 0.306 e. The molecule has 0 amide bonds. The zero-order valence-electron chi connectivity index (χ0n) is 19.9. The second kappa shape index (κ2) is 11.1. The number of benzene rings is 2. The molecule has 0 bridgehead atoms. The van der Waals surface area contributed by atoms with Gasteiger partial charge < -0.3 is 14.7 Å². The van der Waals surface area contributed by atoms with Gasteiger partial charge in [0.25, 0.3) is 0 Å². The maximum absolute atomic E-state index is 12.3. The Hall–Kier alpha value is -3.54. The van der Waals surface area contributed by atoms with Crippen molar-refractivity contribution >= 4 is 5.97 Å². The Labute approximate surface area is 200 Å². The van der Waals surface area contributed by atoms with E-state index in [0.717, 1.165) is 35.3 Å². The first kappa shape index (κ1) is 23.6. The molecule has 1 aromatic heterocycles. The van der Waals surface area contributed by atoms with Crippen LogP contribution in [0.4, 0.5) is 0 Å². The second-order valence-electron chi connectivity index (χ2n) is 8.66. The van der Waals surface area contributed by atoms with Crippen molar-refractivity contribution in [3.63, 3.8) is 0 Å². The van der Waals surface area contributed by atoms with Gasteiger partial charge in [-0.3, -0.25) is 9.79 Å². The van der Waals surface area contributed by atoms with Gasteiger partial charge in [0.2, 0.25) is 0 Å². The van der Waals surface area contributed by atoms with Crippen LogP contribution in [0.2, 0.25) is 0 Å². The summed E-state index contributed by atoms with van der Waals surface area (Å²) in [6.07, 6.45) is 4.32. The van der Waals surface area contributed by atoms with E-state index in [0.29, 0.717) is 31.7 Å². The van der Waals surface area contributed by atoms with E-state index in [-0.39, 0.29) is 11.9 Å². The summed E-state index contributed by atoms with van der Waals surface area (Å²) in [7, 11) is 0. The molecule has 1 atom stereocenters. The Kier molecular flexibility index (Phi) is 7.68. The van der Waals surface area contributed by atoms with Gasteiger partial charge in [0, 0.05) is 19.2 Å². The number of fused-ring (bicyclic) bond motifs is 2. The van der Waals surface area contributed by atoms with Gasteiger partial charge in [0.15, 0.2) is 5.49 Å². The first-order valence-corrected chi connectivity index (χ1v) is 11.9. The number of ether oxygens (including phenoxy) is 2. The van der Waals surface area contributed by atoms with Crippen molar-refractivity contribution in [2.75, 3.05) is 19.8 Å². The molecular weight excluding hydrogens is 428 g/mol. The molecule has 0 saturated heterocycles. The van der Waals surface area contributed by atoms with Gasteiger partial charge in [-0.25, -0.2) is 0 Å². The molecule has 34 heavy (non-hydrogen) atoms. The molecule has 4 rings (SSSR count). The highest BCUT2D eigenvalue weighted by Crippen LogP contribution is 2.36. The largest absolute Gasteiger partial charge is 0.493 e. The number of nitrogens with zero attached hydrogens (tertiary/aromatic N) is 2. The van der Waals surface area contributed by atoms with Crippen LogP contribution in [0.1, 0.15) is 53.5 Å². The summed E-state index contributed by atoms with van der Waals surface area (Å²) in [5, 5.41) is 9.75. The number of hydrogen-bond donors (Lipinski definition) is 1. The first-order valence-electron chi connectivity index (χ1n) is 11.9. The minimum atomic E-state index is -0.143. The lowest BCUT2D eigenvalue weighted by molar-refractivity contribution is -0.143. The summed E-state index contributed by atoms with van der Waals surface area (Å²) in [6.45, 7) is 5.43. The Morgan fingerprint density at radius 2 is 1.94 bits per heavy atom. The third kappa shape index (κ3) is 5.68. The molecule has 3 aromatic rings. The predicted octanol–water partition coefficient (Wildman–Crippen LogP) is 4.59. The maximum Gasteiger partial charge on any atom is 0.306 e. The molecule has 1 unspecified atom stereocenters. The van der Waals surface area contributed by atoms with Crippen LogP contribution in [-0.4, -0.2) is 35.7 Å². The van der Waals surface area contributed by atoms with E-state index in [1.54, 1.807) is 18.3 Å². The fourth-order valence-electron chi connectivity index (χ4n) is 4.57. The normalized spacial score (nSPS) is 15.2. The van der Waals surface area contributed by atoms with Crippen LogP contribution < -0.4 is 10.2 Å². The van der Waals surface area contributed by atoms with Gasteiger partial charge in [0.1, 0.15) is 5.75 Å². The van der Waals surface area contributed by atoms with Crippen LogP contribution in [0.15, 0.2) is 65.8 Å². The number of hydrogen-bond acceptors (Lipinski definition) is 5. The van der Waals surface area contributed by atoms with Gasteiger partial charge in [-0.2, -0.15) is 4.73 Å². The van der Waals surface area contributed by atoms with Crippen molar-refractivity contribution in [2.24, 2.45) is 4.99 Å². The highest BCUT2D eigenvalue weighted by atomic mass is 16.5. The summed E-state index contributed by atoms with van der Waals surface area (Å²) in [5.41, 5.74) is 6.61. The summed E-state index contributed by atoms with van der Waals surface area (Å²) >= 11 is 0. The summed E-state index contributed by atoms with van der Waals surface area (Å²) in [4.78, 5) is 16.7. The third-order valence-electron chi connectivity index (χ3n) is 6.21. The minimum absolute atomic E-state index is 0.108. The quantitative estimate of drug-likeness (QED) is 0.303. The molecule has 1 aliphatic carbocycles. The van der Waals surface area contributed by atoms with E-state index in [4.69, 9.17) is 9.47 Å². The maximum atomic E-state index is 12.3. The summed E-state index contributed by atoms with van der Waals surface area (Å²) in [5.74, 6) is 0.851. The Morgan fingerprint density at radius 3 is 2.76 bits per heavy atom. The molecule has 6 heteroatoms. The number of aromatic nitrogens is 1. The fraction of sp³-hybridized carbons (Fsp3) is 0.357. The van der Waals surface area contributed by atoms with E-state index < -0.39 is 0 Å². The average molecular weight is 461 g/mol. The number of pyridine rings is 1. The number of esters is 1. The molecule has 2 aromatic carbocycles. The monoisotopic (exact) mass is 460 g/mol.